The minimum absolute atomic E-state index is 0. The van der Waals surface area contributed by atoms with Gasteiger partial charge in [-0.3, -0.25) is 28.8 Å². The first-order valence-corrected chi connectivity index (χ1v) is 24.5. The molecule has 72 heavy (non-hydrogen) atoms. The maximum absolute atomic E-state index is 12.8. The lowest BCUT2D eigenvalue weighted by atomic mass is 10.0. The van der Waals surface area contributed by atoms with Crippen LogP contribution in [0.3, 0.4) is 0 Å². The number of hydrogen-bond donors (Lipinski definition) is 1. The van der Waals surface area contributed by atoms with Crippen molar-refractivity contribution in [2.75, 3.05) is 78.2 Å². The fourth-order valence-corrected chi connectivity index (χ4v) is 4.31. The van der Waals surface area contributed by atoms with Gasteiger partial charge in [0.25, 0.3) is 19.3 Å². The lowest BCUT2D eigenvalue weighted by Gasteiger charge is -2.23. The minimum Gasteiger partial charge on any atom is -1.00 e. The normalized spacial score (nSPS) is 13.5. The van der Waals surface area contributed by atoms with E-state index in [9.17, 15) is 77.7 Å². The standard InChI is InChI=1S/C11H18F2O5.C10H14F2O4.C9H12F2O4.C7H12O4.C3H6F2O.C3H9OS.HI/c1-4-16-8(9(12)13)7(10(14)17-5-2)11(15)18-6-3;1-3-15-8(13)10(9(14)16-4-2)5-6(10)7(11)12;1-3-14-8(12)6(5-7(10)11)9(13)15-4-2;1-3-10-6(8)5-7(9)11-4-2;1-2(6)3(4)5;1-5(2,3)4;/h7-9H,4-6H2,1-3H3;6-7H,3-5H2,1-2H3;5,7H,3-4H2,1-2H3;3-5H2,1-2H3;2-3,6H,1H3;1-3H3;1H/q;;;;;+1;/p-1. The molecule has 3 atom stereocenters. The Hall–Kier alpha value is -4.26. The zero-order valence-corrected chi connectivity index (χ0v) is 45.6. The fourth-order valence-electron chi connectivity index (χ4n) is 4.31. The van der Waals surface area contributed by atoms with Crippen LogP contribution in [0.4, 0.5) is 35.1 Å². The van der Waals surface area contributed by atoms with E-state index in [1.807, 2.05) is 0 Å². The van der Waals surface area contributed by atoms with Gasteiger partial charge in [-0.15, -0.1) is 4.21 Å². The summed E-state index contributed by atoms with van der Waals surface area (Å²) in [6.45, 7) is 15.6. The summed E-state index contributed by atoms with van der Waals surface area (Å²) in [5.41, 5.74) is -2.53. The van der Waals surface area contributed by atoms with Gasteiger partial charge in [-0.05, 0) is 75.7 Å². The number of alkyl halides is 8. The molecule has 3 unspecified atom stereocenters. The van der Waals surface area contributed by atoms with E-state index in [4.69, 9.17) is 9.84 Å². The Labute approximate surface area is 432 Å². The van der Waals surface area contributed by atoms with E-state index in [1.54, 1.807) is 46.5 Å². The van der Waals surface area contributed by atoms with Crippen molar-refractivity contribution >= 4 is 57.7 Å². The largest absolute Gasteiger partial charge is 1.00 e. The van der Waals surface area contributed by atoms with Crippen molar-refractivity contribution in [3.63, 3.8) is 0 Å². The van der Waals surface area contributed by atoms with Crippen LogP contribution in [0.1, 0.15) is 82.1 Å². The second-order valence-electron chi connectivity index (χ2n) is 13.7. The molecule has 0 aromatic heterocycles. The number of carbonyl (C=O) groups excluding carboxylic acids is 8. The quantitative estimate of drug-likeness (QED) is 0.0225. The number of rotatable bonds is 23. The molecule has 0 amide bonds. The molecule has 0 aliphatic heterocycles. The number of hydrogen-bond acceptors (Lipinski definition) is 19. The predicted molar refractivity (Wildman–Crippen MR) is 237 cm³/mol. The zero-order chi connectivity index (χ0) is 56.7. The highest BCUT2D eigenvalue weighted by atomic mass is 127. The van der Waals surface area contributed by atoms with Crippen molar-refractivity contribution in [3.05, 3.63) is 11.6 Å². The second kappa shape index (κ2) is 45.4. The summed E-state index contributed by atoms with van der Waals surface area (Å²) in [5.74, 6) is -10.2. The van der Waals surface area contributed by atoms with Crippen LogP contribution in [-0.4, -0.2) is 169 Å². The third kappa shape index (κ3) is 39.3. The topological polar surface area (TPSA) is 257 Å². The van der Waals surface area contributed by atoms with Crippen molar-refractivity contribution < 1.29 is 149 Å². The third-order valence-corrected chi connectivity index (χ3v) is 7.16. The van der Waals surface area contributed by atoms with Crippen LogP contribution in [0.25, 0.3) is 0 Å². The lowest BCUT2D eigenvalue weighted by molar-refractivity contribution is -0.177. The third-order valence-electron chi connectivity index (χ3n) is 7.16. The molecule has 0 bridgehead atoms. The number of halogens is 9. The van der Waals surface area contributed by atoms with Crippen LogP contribution in [0.15, 0.2) is 11.6 Å². The molecule has 1 fully saturated rings. The molecule has 1 rings (SSSR count). The summed E-state index contributed by atoms with van der Waals surface area (Å²) >= 11 is 0. The molecule has 426 valence electrons. The van der Waals surface area contributed by atoms with E-state index in [0.29, 0.717) is 0 Å². The molecular formula is C43H71F8IO19S. The Morgan fingerprint density at radius 2 is 0.889 bits per heavy atom. The smallest absolute Gasteiger partial charge is 0.345 e. The highest BCUT2D eigenvalue weighted by molar-refractivity contribution is 8.00. The highest BCUT2D eigenvalue weighted by Crippen LogP contribution is 2.57. The first-order chi connectivity index (χ1) is 32.9. The Kier molecular flexibility index (Phi) is 49.9. The number of carbonyl (C=O) groups is 8. The van der Waals surface area contributed by atoms with Gasteiger partial charge >= 0.3 is 47.8 Å². The Morgan fingerprint density at radius 1 is 0.569 bits per heavy atom. The molecule has 0 radical (unpaired) electrons. The van der Waals surface area contributed by atoms with Gasteiger partial charge in [-0.2, -0.15) is 0 Å². The lowest BCUT2D eigenvalue weighted by Crippen LogP contribution is -3.00. The van der Waals surface area contributed by atoms with Gasteiger partial charge in [-0.1, -0.05) is 0 Å². The van der Waals surface area contributed by atoms with Gasteiger partial charge in [0.15, 0.2) is 11.3 Å². The second-order valence-corrected chi connectivity index (χ2v) is 17.2. The summed E-state index contributed by atoms with van der Waals surface area (Å²) in [5, 5.41) is 7.88. The summed E-state index contributed by atoms with van der Waals surface area (Å²) in [6.07, 6.45) is -9.65. The van der Waals surface area contributed by atoms with Crippen molar-refractivity contribution in [3.8, 4) is 0 Å². The molecule has 29 heteroatoms. The molecule has 0 heterocycles. The highest BCUT2D eigenvalue weighted by Gasteiger charge is 2.71. The van der Waals surface area contributed by atoms with E-state index in [-0.39, 0.29) is 102 Å². The van der Waals surface area contributed by atoms with Crippen molar-refractivity contribution in [2.24, 2.45) is 17.3 Å². The van der Waals surface area contributed by atoms with Gasteiger partial charge < -0.3 is 71.7 Å². The molecule has 1 saturated carbocycles. The fraction of sp³-hybridized carbons (Fsp3) is 0.767. The van der Waals surface area contributed by atoms with E-state index in [2.05, 4.69) is 37.9 Å². The van der Waals surface area contributed by atoms with Gasteiger partial charge in [0.05, 0.1) is 62.8 Å². The van der Waals surface area contributed by atoms with Crippen LogP contribution < -0.4 is 24.0 Å². The van der Waals surface area contributed by atoms with Crippen LogP contribution >= 0.6 is 0 Å². The van der Waals surface area contributed by atoms with E-state index in [1.165, 1.54) is 34.6 Å². The molecule has 0 saturated heterocycles. The van der Waals surface area contributed by atoms with Gasteiger partial charge in [0, 0.05) is 18.6 Å². The van der Waals surface area contributed by atoms with Crippen molar-refractivity contribution in [1.82, 2.24) is 0 Å². The number of aliphatic hydroxyl groups is 1. The summed E-state index contributed by atoms with van der Waals surface area (Å²) in [7, 11) is -1.42. The maximum atomic E-state index is 12.8. The Balaban J connectivity index is -0.000000189. The SMILES string of the molecule is CC(O)C(F)F.CCOC(=O)C(=CC(F)F)C(=O)OCC.CCOC(=O)C(C(=O)OCC)C(OCC)C(F)F.CCOC(=O)C1(C(=O)OCC)CC1C(F)F.CCOC(=O)CC(=O)OCC.C[S+](C)(C)=O.[I-]. The minimum atomic E-state index is -2.98. The number of ether oxygens (including phenoxy) is 9. The van der Waals surface area contributed by atoms with Gasteiger partial charge in [0.1, 0.15) is 43.0 Å². The van der Waals surface area contributed by atoms with E-state index < -0.39 is 118 Å². The molecule has 0 aromatic rings. The number of esters is 8. The monoisotopic (exact) mass is 1200 g/mol. The predicted octanol–water partition coefficient (Wildman–Crippen LogP) is 2.60. The average molecular weight is 1200 g/mol. The first-order valence-electron chi connectivity index (χ1n) is 21.7. The van der Waals surface area contributed by atoms with E-state index in [0.717, 1.165) is 6.92 Å². The molecule has 0 aromatic carbocycles. The van der Waals surface area contributed by atoms with E-state index >= 15 is 0 Å². The van der Waals surface area contributed by atoms with Gasteiger partial charge in [0.2, 0.25) is 6.43 Å². The van der Waals surface area contributed by atoms with Crippen molar-refractivity contribution in [2.45, 2.75) is 120 Å². The molecule has 19 nitrogen and oxygen atoms in total. The molecule has 1 N–H and O–H groups in total. The van der Waals surface area contributed by atoms with Crippen molar-refractivity contribution in [1.29, 1.82) is 0 Å². The first kappa shape index (κ1) is 79.2. The molecule has 1 aliphatic rings. The Bertz CT molecular complexity index is 1550. The number of allylic oxidation sites excluding steroid dienone is 1. The van der Waals surface area contributed by atoms with Crippen LogP contribution in [-0.2, 0) is 95.1 Å². The molecule has 1 aliphatic carbocycles. The Morgan fingerprint density at radius 3 is 1.11 bits per heavy atom. The maximum Gasteiger partial charge on any atom is 0.345 e. The average Bonchev–Trinajstić information content (AvgIpc) is 4.02. The van der Waals surface area contributed by atoms with Crippen LogP contribution in [0, 0.1) is 17.3 Å². The molecular weight excluding hydrogens is 1130 g/mol. The summed E-state index contributed by atoms with van der Waals surface area (Å²) < 4.78 is 148. The number of aliphatic hydroxyl groups excluding tert-OH is 1. The van der Waals surface area contributed by atoms with Gasteiger partial charge in [-0.25, -0.2) is 44.7 Å². The van der Waals surface area contributed by atoms with Crippen LogP contribution in [0.5, 0.6) is 0 Å². The summed E-state index contributed by atoms with van der Waals surface area (Å²) in [4.78, 5) is 89.4. The summed E-state index contributed by atoms with van der Waals surface area (Å²) in [6, 6.07) is 0. The van der Waals surface area contributed by atoms with Crippen LogP contribution in [0.2, 0.25) is 0 Å². The molecule has 0 spiro atoms. The zero-order valence-electron chi connectivity index (χ0n) is 42.6.